The van der Waals surface area contributed by atoms with Crippen molar-refractivity contribution in [3.8, 4) is 11.5 Å². The first-order chi connectivity index (χ1) is 10.1. The first-order valence-corrected chi connectivity index (χ1v) is 6.98. The Kier molecular flexibility index (Phi) is 6.06. The fourth-order valence-corrected chi connectivity index (χ4v) is 2.15. The van der Waals surface area contributed by atoms with Gasteiger partial charge >= 0.3 is 5.69 Å². The van der Waals surface area contributed by atoms with E-state index in [-0.39, 0.29) is 20.4 Å². The zero-order valence-corrected chi connectivity index (χ0v) is 13.7. The van der Waals surface area contributed by atoms with Crippen LogP contribution in [0.3, 0.4) is 0 Å². The number of aromatic hydroxyl groups is 2. The lowest BCUT2D eigenvalue weighted by molar-refractivity contribution is -0.386. The van der Waals surface area contributed by atoms with Gasteiger partial charge < -0.3 is 15.9 Å². The molecule has 118 valence electrons. The number of nitrogens with two attached hydrogens (primary N) is 1. The van der Waals surface area contributed by atoms with Crippen LogP contribution in [-0.4, -0.2) is 15.1 Å². The highest BCUT2D eigenvalue weighted by molar-refractivity contribution is 9.10. The van der Waals surface area contributed by atoms with Crippen LogP contribution in [0, 0.1) is 21.7 Å². The molecule has 0 saturated heterocycles. The molecule has 0 atom stereocenters. The molecule has 0 bridgehead atoms. The number of anilines is 1. The van der Waals surface area contributed by atoms with Gasteiger partial charge in [0.1, 0.15) is 11.6 Å². The number of nitrogen functional groups attached to an aromatic ring is 1. The van der Waals surface area contributed by atoms with Gasteiger partial charge in [-0.25, -0.2) is 8.78 Å². The van der Waals surface area contributed by atoms with Crippen molar-refractivity contribution < 1.29 is 23.9 Å². The molecule has 22 heavy (non-hydrogen) atoms. The average Bonchev–Trinajstić information content (AvgIpc) is 2.40. The lowest BCUT2D eigenvalue weighted by Crippen LogP contribution is -1.90. The molecule has 2 aromatic rings. The van der Waals surface area contributed by atoms with Crippen molar-refractivity contribution in [1.82, 2.24) is 0 Å². The summed E-state index contributed by atoms with van der Waals surface area (Å²) < 4.78 is 25.1. The SMILES string of the molecule is Nc1cc(F)cc(Br)c1O.O=[N+]([O-])c1cc(F)cc(Br)c1O. The maximum atomic E-state index is 12.5. The topological polar surface area (TPSA) is 110 Å². The van der Waals surface area contributed by atoms with Crippen LogP contribution >= 0.6 is 31.9 Å². The maximum Gasteiger partial charge on any atom is 0.314 e. The highest BCUT2D eigenvalue weighted by Gasteiger charge is 2.17. The number of nitrogens with zero attached hydrogens (tertiary/aromatic N) is 1. The van der Waals surface area contributed by atoms with E-state index in [1.165, 1.54) is 0 Å². The van der Waals surface area contributed by atoms with E-state index in [9.17, 15) is 18.9 Å². The normalized spacial score (nSPS) is 9.82. The van der Waals surface area contributed by atoms with E-state index in [0.29, 0.717) is 6.07 Å². The summed E-state index contributed by atoms with van der Waals surface area (Å²) in [6.45, 7) is 0. The van der Waals surface area contributed by atoms with Gasteiger partial charge in [-0.3, -0.25) is 10.1 Å². The highest BCUT2D eigenvalue weighted by Crippen LogP contribution is 2.34. The number of phenolic OH excluding ortho intramolecular Hbond substituents is 2. The minimum atomic E-state index is -0.858. The Morgan fingerprint density at radius 1 is 1.00 bits per heavy atom. The Morgan fingerprint density at radius 3 is 1.91 bits per heavy atom. The Labute approximate surface area is 139 Å². The fraction of sp³-hybridized carbons (Fsp3) is 0. The van der Waals surface area contributed by atoms with E-state index in [4.69, 9.17) is 15.9 Å². The van der Waals surface area contributed by atoms with Gasteiger partial charge in [-0.05, 0) is 44.0 Å². The van der Waals surface area contributed by atoms with Crippen molar-refractivity contribution in [2.45, 2.75) is 0 Å². The smallest absolute Gasteiger partial charge is 0.314 e. The molecule has 0 radical (unpaired) electrons. The van der Waals surface area contributed by atoms with Gasteiger partial charge in [-0.1, -0.05) is 0 Å². The van der Waals surface area contributed by atoms with Crippen LogP contribution in [0.5, 0.6) is 11.5 Å². The first-order valence-electron chi connectivity index (χ1n) is 5.39. The summed E-state index contributed by atoms with van der Waals surface area (Å²) in [6.07, 6.45) is 0. The summed E-state index contributed by atoms with van der Waals surface area (Å²) >= 11 is 5.70. The van der Waals surface area contributed by atoms with E-state index >= 15 is 0 Å². The summed E-state index contributed by atoms with van der Waals surface area (Å²) in [6, 6.07) is 3.80. The molecule has 0 unspecified atom stereocenters. The number of phenols is 2. The number of benzene rings is 2. The molecule has 0 aliphatic carbocycles. The number of nitro benzene ring substituents is 1. The monoisotopic (exact) mass is 440 g/mol. The molecule has 0 aliphatic rings. The summed E-state index contributed by atoms with van der Waals surface area (Å²) in [5, 5.41) is 28.2. The van der Waals surface area contributed by atoms with E-state index in [2.05, 4.69) is 31.9 Å². The summed E-state index contributed by atoms with van der Waals surface area (Å²) in [5.74, 6) is -1.93. The maximum absolute atomic E-state index is 12.5. The second-order valence-electron chi connectivity index (χ2n) is 3.84. The van der Waals surface area contributed by atoms with Crippen molar-refractivity contribution in [2.24, 2.45) is 0 Å². The molecule has 4 N–H and O–H groups in total. The predicted molar refractivity (Wildman–Crippen MR) is 82.6 cm³/mol. The van der Waals surface area contributed by atoms with E-state index in [1.54, 1.807) is 0 Å². The van der Waals surface area contributed by atoms with Crippen LogP contribution in [0.25, 0.3) is 0 Å². The van der Waals surface area contributed by atoms with E-state index in [1.807, 2.05) is 0 Å². The predicted octanol–water partition coefficient (Wildman–Crippen LogP) is 4.08. The third kappa shape index (κ3) is 4.53. The molecule has 0 heterocycles. The minimum Gasteiger partial charge on any atom is -0.505 e. The minimum absolute atomic E-state index is 0.0331. The van der Waals surface area contributed by atoms with Crippen LogP contribution in [0.4, 0.5) is 20.2 Å². The van der Waals surface area contributed by atoms with Crippen molar-refractivity contribution in [3.05, 3.63) is 55.0 Å². The molecule has 2 rings (SSSR count). The molecule has 2 aromatic carbocycles. The van der Waals surface area contributed by atoms with Gasteiger partial charge in [0.25, 0.3) is 0 Å². The van der Waals surface area contributed by atoms with Crippen LogP contribution in [0.15, 0.2) is 33.2 Å². The van der Waals surface area contributed by atoms with Gasteiger partial charge in [0, 0.05) is 6.07 Å². The third-order valence-electron chi connectivity index (χ3n) is 2.26. The molecule has 0 fully saturated rings. The van der Waals surface area contributed by atoms with Crippen LogP contribution in [-0.2, 0) is 0 Å². The Morgan fingerprint density at radius 2 is 1.45 bits per heavy atom. The second kappa shape index (κ2) is 7.36. The number of hydrogen-bond acceptors (Lipinski definition) is 5. The van der Waals surface area contributed by atoms with E-state index < -0.39 is 28.0 Å². The van der Waals surface area contributed by atoms with Gasteiger partial charge in [-0.15, -0.1) is 0 Å². The van der Waals surface area contributed by atoms with Crippen molar-refractivity contribution in [3.63, 3.8) is 0 Å². The molecule has 0 saturated carbocycles. The largest absolute Gasteiger partial charge is 0.505 e. The van der Waals surface area contributed by atoms with Crippen LogP contribution < -0.4 is 5.73 Å². The van der Waals surface area contributed by atoms with Crippen molar-refractivity contribution >= 4 is 43.2 Å². The Bertz CT molecular complexity index is 706. The Hall–Kier alpha value is -1.94. The fourth-order valence-electron chi connectivity index (χ4n) is 1.28. The van der Waals surface area contributed by atoms with Gasteiger partial charge in [0.15, 0.2) is 5.75 Å². The lowest BCUT2D eigenvalue weighted by atomic mass is 10.3. The quantitative estimate of drug-likeness (QED) is 0.267. The molecule has 0 amide bonds. The molecule has 6 nitrogen and oxygen atoms in total. The summed E-state index contributed by atoms with van der Waals surface area (Å²) in [5.41, 5.74) is 4.58. The standard InChI is InChI=1S/C6H3BrFNO3.C6H5BrFNO/c7-4-1-3(8)2-5(6(4)10)9(11)12;7-4-1-3(8)2-5(9)6(4)10/h1-2,10H;1-2,10H,9H2. The first kappa shape index (κ1) is 18.1. The van der Waals surface area contributed by atoms with E-state index in [0.717, 1.165) is 18.2 Å². The van der Waals surface area contributed by atoms with Gasteiger partial charge in [-0.2, -0.15) is 0 Å². The molecule has 0 spiro atoms. The number of halogens is 4. The second-order valence-corrected chi connectivity index (χ2v) is 5.55. The molecule has 0 aliphatic heterocycles. The molecule has 0 aromatic heterocycles. The Balaban J connectivity index is 0.000000224. The molecular formula is C12H8Br2F2N2O4. The third-order valence-corrected chi connectivity index (χ3v) is 3.47. The summed E-state index contributed by atoms with van der Waals surface area (Å²) in [4.78, 5) is 9.33. The number of hydrogen-bond donors (Lipinski definition) is 3. The average molecular weight is 442 g/mol. The highest BCUT2D eigenvalue weighted by atomic mass is 79.9. The zero-order chi connectivity index (χ0) is 17.0. The number of rotatable bonds is 1. The van der Waals surface area contributed by atoms with Crippen LogP contribution in [0.2, 0.25) is 0 Å². The lowest BCUT2D eigenvalue weighted by Gasteiger charge is -1.99. The van der Waals surface area contributed by atoms with Crippen LogP contribution in [0.1, 0.15) is 0 Å². The van der Waals surface area contributed by atoms with Crippen molar-refractivity contribution in [1.29, 1.82) is 0 Å². The van der Waals surface area contributed by atoms with Gasteiger partial charge in [0.05, 0.1) is 25.6 Å². The molecule has 10 heteroatoms. The number of nitro groups is 1. The van der Waals surface area contributed by atoms with Gasteiger partial charge in [0.2, 0.25) is 5.75 Å². The summed E-state index contributed by atoms with van der Waals surface area (Å²) in [7, 11) is 0. The zero-order valence-electron chi connectivity index (χ0n) is 10.6. The van der Waals surface area contributed by atoms with Crippen molar-refractivity contribution in [2.75, 3.05) is 5.73 Å². The molecular weight excluding hydrogens is 434 g/mol.